The molecule has 0 bridgehead atoms. The van der Waals surface area contributed by atoms with Gasteiger partial charge in [-0.25, -0.2) is 0 Å². The fraction of sp³-hybridized carbons (Fsp3) is 0.417. The Kier molecular flexibility index (Phi) is 5.41. The van der Waals surface area contributed by atoms with Gasteiger partial charge in [-0.2, -0.15) is 0 Å². The van der Waals surface area contributed by atoms with Gasteiger partial charge in [0.05, 0.1) is 18.6 Å². The maximum atomic E-state index is 11.0. The minimum atomic E-state index is -0.997. The van der Waals surface area contributed by atoms with Crippen LogP contribution in [-0.2, 0) is 11.2 Å². The maximum absolute atomic E-state index is 11.0. The second-order valence-corrected chi connectivity index (χ2v) is 4.37. The van der Waals surface area contributed by atoms with E-state index in [4.69, 9.17) is 21.8 Å². The van der Waals surface area contributed by atoms with Gasteiger partial charge in [-0.3, -0.25) is 4.79 Å². The fourth-order valence-electron chi connectivity index (χ4n) is 1.58. The molecule has 0 aliphatic rings. The molecule has 0 saturated heterocycles. The van der Waals surface area contributed by atoms with E-state index < -0.39 is 24.6 Å². The molecular formula is C12H15ClO4. The van der Waals surface area contributed by atoms with Crippen molar-refractivity contribution in [3.05, 3.63) is 34.9 Å². The molecule has 0 radical (unpaired) electrons. The van der Waals surface area contributed by atoms with E-state index in [1.165, 1.54) is 0 Å². The van der Waals surface area contributed by atoms with Crippen molar-refractivity contribution in [2.24, 2.45) is 5.92 Å². The number of rotatable bonds is 6. The molecule has 1 unspecified atom stereocenters. The molecule has 2 atom stereocenters. The van der Waals surface area contributed by atoms with E-state index in [1.54, 1.807) is 24.3 Å². The number of carboxylic acids is 1. The lowest BCUT2D eigenvalue weighted by Gasteiger charge is -2.15. The normalized spacial score (nSPS) is 14.3. The Morgan fingerprint density at radius 3 is 2.35 bits per heavy atom. The van der Waals surface area contributed by atoms with Gasteiger partial charge in [0.2, 0.25) is 0 Å². The lowest BCUT2D eigenvalue weighted by molar-refractivity contribution is -0.143. The van der Waals surface area contributed by atoms with Crippen molar-refractivity contribution in [1.82, 2.24) is 0 Å². The third-order valence-electron chi connectivity index (χ3n) is 2.51. The highest BCUT2D eigenvalue weighted by molar-refractivity contribution is 6.30. The first-order valence-corrected chi connectivity index (χ1v) is 5.67. The van der Waals surface area contributed by atoms with E-state index in [0.29, 0.717) is 11.4 Å². The van der Waals surface area contributed by atoms with Gasteiger partial charge in [-0.1, -0.05) is 23.7 Å². The van der Waals surface area contributed by atoms with Gasteiger partial charge >= 0.3 is 5.97 Å². The molecule has 1 aromatic rings. The van der Waals surface area contributed by atoms with Crippen LogP contribution in [-0.4, -0.2) is 34.0 Å². The highest BCUT2D eigenvalue weighted by Gasteiger charge is 2.21. The van der Waals surface area contributed by atoms with Crippen LogP contribution in [0.2, 0.25) is 5.02 Å². The molecule has 0 amide bonds. The Balaban J connectivity index is 2.66. The zero-order valence-corrected chi connectivity index (χ0v) is 9.97. The Morgan fingerprint density at radius 1 is 1.29 bits per heavy atom. The van der Waals surface area contributed by atoms with Gasteiger partial charge in [-0.15, -0.1) is 0 Å². The number of carboxylic acid groups (broad SMARTS) is 1. The summed E-state index contributed by atoms with van der Waals surface area (Å²) < 4.78 is 0. The quantitative estimate of drug-likeness (QED) is 0.719. The Bertz CT molecular complexity index is 363. The van der Waals surface area contributed by atoms with Gasteiger partial charge in [0, 0.05) is 5.02 Å². The van der Waals surface area contributed by atoms with E-state index in [0.717, 1.165) is 5.56 Å². The van der Waals surface area contributed by atoms with E-state index in [2.05, 4.69) is 0 Å². The van der Waals surface area contributed by atoms with Crippen molar-refractivity contribution in [1.29, 1.82) is 0 Å². The van der Waals surface area contributed by atoms with Crippen LogP contribution in [0, 0.1) is 5.92 Å². The Labute approximate surface area is 104 Å². The summed E-state index contributed by atoms with van der Waals surface area (Å²) in [5.41, 5.74) is 0.840. The van der Waals surface area contributed by atoms with Crippen LogP contribution in [0.15, 0.2) is 24.3 Å². The summed E-state index contributed by atoms with van der Waals surface area (Å²) in [7, 11) is 0. The standard InChI is InChI=1S/C12H15ClO4/c13-10-3-1-8(2-4-10)5-9(12(16)17)6-11(15)7-14/h1-4,9,11,14-15H,5-7H2,(H,16,17)/t9-,11?/m0/s1. The van der Waals surface area contributed by atoms with Gasteiger partial charge in [0.15, 0.2) is 0 Å². The molecule has 0 spiro atoms. The van der Waals surface area contributed by atoms with Gasteiger partial charge in [-0.05, 0) is 30.5 Å². The Hall–Kier alpha value is -1.10. The summed E-state index contributed by atoms with van der Waals surface area (Å²) in [6.45, 7) is -0.426. The number of aliphatic carboxylic acids is 1. The molecule has 94 valence electrons. The van der Waals surface area contributed by atoms with Crippen molar-refractivity contribution in [2.45, 2.75) is 18.9 Å². The monoisotopic (exact) mass is 258 g/mol. The SMILES string of the molecule is O=C(O)[C@@H](Cc1ccc(Cl)cc1)CC(O)CO. The van der Waals surface area contributed by atoms with Crippen molar-refractivity contribution < 1.29 is 20.1 Å². The molecule has 5 heteroatoms. The highest BCUT2D eigenvalue weighted by Crippen LogP contribution is 2.17. The number of halogens is 1. The van der Waals surface area contributed by atoms with Crippen LogP contribution >= 0.6 is 11.6 Å². The molecule has 4 nitrogen and oxygen atoms in total. The predicted molar refractivity (Wildman–Crippen MR) is 64.0 cm³/mol. The van der Waals surface area contributed by atoms with Crippen LogP contribution in [0.5, 0.6) is 0 Å². The van der Waals surface area contributed by atoms with Crippen molar-refractivity contribution in [3.8, 4) is 0 Å². The van der Waals surface area contributed by atoms with E-state index in [-0.39, 0.29) is 6.42 Å². The second-order valence-electron chi connectivity index (χ2n) is 3.94. The minimum Gasteiger partial charge on any atom is -0.481 e. The average molecular weight is 259 g/mol. The largest absolute Gasteiger partial charge is 0.481 e. The average Bonchev–Trinajstić information content (AvgIpc) is 2.30. The molecule has 0 aliphatic heterocycles. The summed E-state index contributed by atoms with van der Waals surface area (Å²) in [5, 5.41) is 27.6. The van der Waals surface area contributed by atoms with Crippen LogP contribution < -0.4 is 0 Å². The number of aliphatic hydroxyl groups is 2. The van der Waals surface area contributed by atoms with Gasteiger partial charge in [0.1, 0.15) is 0 Å². The zero-order valence-electron chi connectivity index (χ0n) is 9.21. The smallest absolute Gasteiger partial charge is 0.306 e. The topological polar surface area (TPSA) is 77.8 Å². The van der Waals surface area contributed by atoms with Crippen LogP contribution in [0.25, 0.3) is 0 Å². The molecule has 0 heterocycles. The highest BCUT2D eigenvalue weighted by atomic mass is 35.5. The van der Waals surface area contributed by atoms with Crippen LogP contribution in [0.4, 0.5) is 0 Å². The Morgan fingerprint density at radius 2 is 1.88 bits per heavy atom. The molecular weight excluding hydrogens is 244 g/mol. The van der Waals surface area contributed by atoms with E-state index in [1.807, 2.05) is 0 Å². The number of aliphatic hydroxyl groups excluding tert-OH is 2. The molecule has 17 heavy (non-hydrogen) atoms. The number of carbonyl (C=O) groups is 1. The van der Waals surface area contributed by atoms with Gasteiger partial charge < -0.3 is 15.3 Å². The van der Waals surface area contributed by atoms with Crippen molar-refractivity contribution in [3.63, 3.8) is 0 Å². The molecule has 0 aliphatic carbocycles. The predicted octanol–water partition coefficient (Wildman–Crippen LogP) is 1.33. The first-order chi connectivity index (χ1) is 8.02. The van der Waals surface area contributed by atoms with Crippen LogP contribution in [0.1, 0.15) is 12.0 Å². The van der Waals surface area contributed by atoms with E-state index in [9.17, 15) is 9.90 Å². The zero-order chi connectivity index (χ0) is 12.8. The summed E-state index contributed by atoms with van der Waals surface area (Å²) >= 11 is 5.73. The van der Waals surface area contributed by atoms with Crippen molar-refractivity contribution >= 4 is 17.6 Å². The lowest BCUT2D eigenvalue weighted by Crippen LogP contribution is -2.24. The second kappa shape index (κ2) is 6.59. The first-order valence-electron chi connectivity index (χ1n) is 5.29. The van der Waals surface area contributed by atoms with Crippen molar-refractivity contribution in [2.75, 3.05) is 6.61 Å². The number of benzene rings is 1. The molecule has 0 saturated carbocycles. The van der Waals surface area contributed by atoms with Gasteiger partial charge in [0.25, 0.3) is 0 Å². The summed E-state index contributed by atoms with van der Waals surface area (Å²) in [6, 6.07) is 6.89. The molecule has 1 rings (SSSR count). The minimum absolute atomic E-state index is 0.0362. The molecule has 3 N–H and O–H groups in total. The lowest BCUT2D eigenvalue weighted by atomic mass is 9.94. The first kappa shape index (κ1) is 14.0. The fourth-order valence-corrected chi connectivity index (χ4v) is 1.71. The van der Waals surface area contributed by atoms with Crippen LogP contribution in [0.3, 0.4) is 0 Å². The third kappa shape index (κ3) is 4.73. The summed E-state index contributed by atoms with van der Waals surface area (Å²) in [5.74, 6) is -1.69. The molecule has 0 fully saturated rings. The maximum Gasteiger partial charge on any atom is 0.306 e. The molecule has 0 aromatic heterocycles. The number of hydrogen-bond donors (Lipinski definition) is 3. The number of hydrogen-bond acceptors (Lipinski definition) is 3. The molecule has 1 aromatic carbocycles. The van der Waals surface area contributed by atoms with E-state index >= 15 is 0 Å². The summed E-state index contributed by atoms with van der Waals surface area (Å²) in [4.78, 5) is 11.0. The third-order valence-corrected chi connectivity index (χ3v) is 2.76. The summed E-state index contributed by atoms with van der Waals surface area (Å²) in [6.07, 6.45) is -0.652.